The molecule has 0 spiro atoms. The molecule has 8 heteroatoms. The maximum absolute atomic E-state index is 13.4. The second kappa shape index (κ2) is 9.26. The van der Waals surface area contributed by atoms with Crippen molar-refractivity contribution in [1.82, 2.24) is 4.90 Å². The minimum atomic E-state index is -0.830. The van der Waals surface area contributed by atoms with E-state index in [4.69, 9.17) is 18.9 Å². The van der Waals surface area contributed by atoms with Gasteiger partial charge in [0, 0.05) is 36.8 Å². The summed E-state index contributed by atoms with van der Waals surface area (Å²) in [6.45, 7) is 2.85. The molecule has 8 nitrogen and oxygen atoms in total. The highest BCUT2D eigenvalue weighted by Gasteiger charge is 2.48. The van der Waals surface area contributed by atoms with E-state index in [2.05, 4.69) is 0 Å². The first-order valence-electron chi connectivity index (χ1n) is 11.8. The van der Waals surface area contributed by atoms with Crippen molar-refractivity contribution >= 4 is 17.4 Å². The van der Waals surface area contributed by atoms with E-state index < -0.39 is 17.7 Å². The van der Waals surface area contributed by atoms with Crippen molar-refractivity contribution in [2.24, 2.45) is 0 Å². The van der Waals surface area contributed by atoms with E-state index in [0.29, 0.717) is 35.7 Å². The number of nitrogens with zero attached hydrogens (tertiary/aromatic N) is 1. The molecule has 0 aliphatic carbocycles. The summed E-state index contributed by atoms with van der Waals surface area (Å²) in [5.74, 6) is 0.186. The topological polar surface area (TPSA) is 94.5 Å². The number of amides is 1. The summed E-state index contributed by atoms with van der Waals surface area (Å²) in [6, 6.07) is 9.71. The summed E-state index contributed by atoms with van der Waals surface area (Å²) in [6.07, 6.45) is 2.29. The monoisotopic (exact) mass is 479 g/mol. The molecule has 0 saturated carbocycles. The van der Waals surface area contributed by atoms with Gasteiger partial charge in [-0.1, -0.05) is 0 Å². The Morgan fingerprint density at radius 3 is 2.69 bits per heavy atom. The molecular formula is C27H29NO7. The summed E-state index contributed by atoms with van der Waals surface area (Å²) in [5, 5.41) is 11.4. The lowest BCUT2D eigenvalue weighted by molar-refractivity contribution is -0.140. The van der Waals surface area contributed by atoms with Crippen LogP contribution in [-0.4, -0.2) is 61.3 Å². The Hall–Kier alpha value is -3.52. The van der Waals surface area contributed by atoms with Crippen LogP contribution in [0.4, 0.5) is 0 Å². The second-order valence-corrected chi connectivity index (χ2v) is 9.15. The van der Waals surface area contributed by atoms with Crippen LogP contribution in [0.25, 0.3) is 5.76 Å². The number of aliphatic hydroxyl groups is 1. The van der Waals surface area contributed by atoms with Crippen LogP contribution in [0.2, 0.25) is 0 Å². The van der Waals surface area contributed by atoms with Gasteiger partial charge in [-0.2, -0.15) is 0 Å². The number of Topliss-reactive ketones (excluding diaryl/α,β-unsaturated/α-hetero) is 1. The first kappa shape index (κ1) is 23.2. The van der Waals surface area contributed by atoms with Gasteiger partial charge in [-0.05, 0) is 55.7 Å². The minimum absolute atomic E-state index is 0.0309. The molecule has 3 aliphatic rings. The number of hydrogen-bond donors (Lipinski definition) is 1. The average Bonchev–Trinajstić information content (AvgIpc) is 3.57. The van der Waals surface area contributed by atoms with Crippen molar-refractivity contribution < 1.29 is 33.6 Å². The molecule has 2 aromatic carbocycles. The second-order valence-electron chi connectivity index (χ2n) is 9.15. The number of ketones is 1. The fourth-order valence-electron chi connectivity index (χ4n) is 5.17. The van der Waals surface area contributed by atoms with Gasteiger partial charge in [0.2, 0.25) is 0 Å². The van der Waals surface area contributed by atoms with E-state index in [-0.39, 0.29) is 30.1 Å². The number of methoxy groups -OCH3 is 2. The van der Waals surface area contributed by atoms with Crippen molar-refractivity contribution in [1.29, 1.82) is 0 Å². The number of carbonyl (C=O) groups excluding carboxylic acids is 2. The molecule has 2 saturated heterocycles. The molecule has 1 N–H and O–H groups in total. The van der Waals surface area contributed by atoms with E-state index in [1.807, 2.05) is 13.0 Å². The highest BCUT2D eigenvalue weighted by atomic mass is 16.5. The largest absolute Gasteiger partial charge is 0.507 e. The van der Waals surface area contributed by atoms with Crippen molar-refractivity contribution in [2.45, 2.75) is 44.4 Å². The summed E-state index contributed by atoms with van der Waals surface area (Å²) in [5.41, 5.74) is 2.04. The zero-order valence-electron chi connectivity index (χ0n) is 20.1. The van der Waals surface area contributed by atoms with Crippen LogP contribution >= 0.6 is 0 Å². The Labute approximate surface area is 204 Å². The Balaban J connectivity index is 1.64. The highest BCUT2D eigenvalue weighted by Crippen LogP contribution is 2.44. The standard InChI is InChI=1S/C27H29NO7/c1-15-11-17-12-16(6-9-21(17)35-15)25(29)23-24(20-8-7-18(32-2)13-22(20)33-3)28(27(31)26(23)30)14-19-5-4-10-34-19/h6-9,12-13,15,19,24,29H,4-5,10-11,14H2,1-3H3/t15-,19-,24-/m1/s1. The van der Waals surface area contributed by atoms with Crippen LogP contribution in [-0.2, 0) is 20.7 Å². The fourth-order valence-corrected chi connectivity index (χ4v) is 5.17. The molecule has 2 fully saturated rings. The third-order valence-electron chi connectivity index (χ3n) is 6.87. The predicted octanol–water partition coefficient (Wildman–Crippen LogP) is 3.63. The zero-order valence-corrected chi connectivity index (χ0v) is 20.1. The summed E-state index contributed by atoms with van der Waals surface area (Å²) in [7, 11) is 3.07. The summed E-state index contributed by atoms with van der Waals surface area (Å²) >= 11 is 0. The van der Waals surface area contributed by atoms with Gasteiger partial charge in [0.25, 0.3) is 11.7 Å². The number of carbonyl (C=O) groups is 2. The fraction of sp³-hybridized carbons (Fsp3) is 0.407. The number of rotatable bonds is 6. The first-order chi connectivity index (χ1) is 16.9. The van der Waals surface area contributed by atoms with Gasteiger partial charge in [-0.3, -0.25) is 9.59 Å². The molecule has 0 radical (unpaired) electrons. The molecule has 0 aromatic heterocycles. The molecule has 1 amide bonds. The molecule has 3 aliphatic heterocycles. The summed E-state index contributed by atoms with van der Waals surface area (Å²) in [4.78, 5) is 28.1. The molecule has 35 heavy (non-hydrogen) atoms. The van der Waals surface area contributed by atoms with Gasteiger partial charge < -0.3 is 29.0 Å². The average molecular weight is 480 g/mol. The van der Waals surface area contributed by atoms with Crippen LogP contribution in [0.3, 0.4) is 0 Å². The van der Waals surface area contributed by atoms with Crippen molar-refractivity contribution in [3.8, 4) is 17.2 Å². The third-order valence-corrected chi connectivity index (χ3v) is 6.87. The number of likely N-dealkylation sites (tertiary alicyclic amines) is 1. The van der Waals surface area contributed by atoms with Crippen molar-refractivity contribution in [3.63, 3.8) is 0 Å². The van der Waals surface area contributed by atoms with Gasteiger partial charge in [-0.25, -0.2) is 0 Å². The van der Waals surface area contributed by atoms with Gasteiger partial charge in [0.05, 0.1) is 31.9 Å². The lowest BCUT2D eigenvalue weighted by Crippen LogP contribution is -2.36. The van der Waals surface area contributed by atoms with Crippen LogP contribution in [0.15, 0.2) is 42.0 Å². The van der Waals surface area contributed by atoms with E-state index in [0.717, 1.165) is 24.2 Å². The van der Waals surface area contributed by atoms with Crippen molar-refractivity contribution in [2.75, 3.05) is 27.4 Å². The Kier molecular flexibility index (Phi) is 6.15. The number of aliphatic hydroxyl groups excluding tert-OH is 1. The van der Waals surface area contributed by atoms with Gasteiger partial charge in [0.15, 0.2) is 0 Å². The number of fused-ring (bicyclic) bond motifs is 1. The quantitative estimate of drug-likeness (QED) is 0.384. The zero-order chi connectivity index (χ0) is 24.7. The van der Waals surface area contributed by atoms with E-state index in [9.17, 15) is 14.7 Å². The number of benzene rings is 2. The Morgan fingerprint density at radius 1 is 1.14 bits per heavy atom. The van der Waals surface area contributed by atoms with Gasteiger partial charge >= 0.3 is 0 Å². The van der Waals surface area contributed by atoms with Crippen LogP contribution in [0.1, 0.15) is 42.5 Å². The molecule has 0 bridgehead atoms. The lowest BCUT2D eigenvalue weighted by atomic mass is 9.93. The highest BCUT2D eigenvalue weighted by molar-refractivity contribution is 6.46. The molecular weight excluding hydrogens is 450 g/mol. The maximum Gasteiger partial charge on any atom is 0.295 e. The molecule has 184 valence electrons. The molecule has 5 rings (SSSR count). The van der Waals surface area contributed by atoms with E-state index in [1.165, 1.54) is 12.0 Å². The van der Waals surface area contributed by atoms with Crippen LogP contribution in [0, 0.1) is 0 Å². The number of ether oxygens (including phenoxy) is 4. The van der Waals surface area contributed by atoms with E-state index >= 15 is 0 Å². The Bertz CT molecular complexity index is 1200. The van der Waals surface area contributed by atoms with E-state index in [1.54, 1.807) is 37.4 Å². The van der Waals surface area contributed by atoms with Crippen LogP contribution < -0.4 is 14.2 Å². The first-order valence-corrected chi connectivity index (χ1v) is 11.8. The number of hydrogen-bond acceptors (Lipinski definition) is 7. The smallest absolute Gasteiger partial charge is 0.295 e. The lowest BCUT2D eigenvalue weighted by Gasteiger charge is -2.28. The molecule has 3 atom stereocenters. The molecule has 0 unspecified atom stereocenters. The van der Waals surface area contributed by atoms with Gasteiger partial charge in [-0.15, -0.1) is 0 Å². The minimum Gasteiger partial charge on any atom is -0.507 e. The third kappa shape index (κ3) is 4.12. The van der Waals surface area contributed by atoms with Crippen LogP contribution in [0.5, 0.6) is 17.2 Å². The Morgan fingerprint density at radius 2 is 1.97 bits per heavy atom. The normalized spacial score (nSPS) is 25.0. The molecule has 3 heterocycles. The van der Waals surface area contributed by atoms with Crippen molar-refractivity contribution in [3.05, 3.63) is 58.7 Å². The van der Waals surface area contributed by atoms with Gasteiger partial charge in [0.1, 0.15) is 29.1 Å². The SMILES string of the molecule is COc1ccc([C@@H]2C(=C(O)c3ccc4c(c3)C[C@@H](C)O4)C(=O)C(=O)N2C[C@H]2CCCO2)c(OC)c1. The molecule has 2 aromatic rings. The predicted molar refractivity (Wildman–Crippen MR) is 128 cm³/mol. The maximum atomic E-state index is 13.4. The summed E-state index contributed by atoms with van der Waals surface area (Å²) < 4.78 is 22.5.